The Morgan fingerprint density at radius 2 is 1.65 bits per heavy atom. The molecule has 1 aromatic rings. The van der Waals surface area contributed by atoms with Crippen molar-refractivity contribution in [3.05, 3.63) is 35.1 Å². The molecule has 0 aliphatic heterocycles. The topological polar surface area (TPSA) is 87.3 Å². The van der Waals surface area contributed by atoms with Gasteiger partial charge in [-0.2, -0.15) is 0 Å². The molecule has 0 unspecified atom stereocenters. The van der Waals surface area contributed by atoms with Gasteiger partial charge in [0.15, 0.2) is 0 Å². The Bertz CT molecular complexity index is 654. The number of aryl methyl sites for hydroxylation is 1. The van der Waals surface area contributed by atoms with Crippen molar-refractivity contribution < 1.29 is 18.8 Å². The van der Waals surface area contributed by atoms with Crippen LogP contribution in [0.1, 0.15) is 49.5 Å². The number of carbonyl (C=O) groups excluding carboxylic acids is 3. The van der Waals surface area contributed by atoms with Crippen molar-refractivity contribution in [1.29, 1.82) is 0 Å². The predicted molar refractivity (Wildman–Crippen MR) is 98.2 cm³/mol. The minimum Gasteiger partial charge on any atom is -0.356 e. The third kappa shape index (κ3) is 7.63. The number of carbonyl (C=O) groups is 3. The molecule has 6 nitrogen and oxygen atoms in total. The largest absolute Gasteiger partial charge is 0.356 e. The van der Waals surface area contributed by atoms with Crippen LogP contribution < -0.4 is 16.0 Å². The molecule has 0 saturated heterocycles. The maximum atomic E-state index is 13.4. The Morgan fingerprint density at radius 1 is 1.00 bits per heavy atom. The fraction of sp³-hybridized carbons (Fsp3) is 0.526. The van der Waals surface area contributed by atoms with Crippen molar-refractivity contribution in [3.8, 4) is 0 Å². The van der Waals surface area contributed by atoms with Crippen molar-refractivity contribution >= 4 is 17.7 Å². The third-order valence-electron chi connectivity index (χ3n) is 3.71. The van der Waals surface area contributed by atoms with E-state index in [-0.39, 0.29) is 36.4 Å². The normalized spacial score (nSPS) is 11.0. The van der Waals surface area contributed by atoms with Gasteiger partial charge in [0.05, 0.1) is 0 Å². The number of hydrogen-bond donors (Lipinski definition) is 3. The van der Waals surface area contributed by atoms with E-state index in [1.807, 2.05) is 20.8 Å². The molecule has 0 saturated carbocycles. The van der Waals surface area contributed by atoms with Crippen LogP contribution >= 0.6 is 0 Å². The molecule has 1 rings (SSSR count). The molecule has 0 spiro atoms. The number of halogens is 1. The first-order chi connectivity index (χ1) is 12.1. The zero-order chi connectivity index (χ0) is 19.7. The van der Waals surface area contributed by atoms with Gasteiger partial charge in [-0.25, -0.2) is 4.39 Å². The summed E-state index contributed by atoms with van der Waals surface area (Å²) in [6.07, 6.45) is 0.837. The van der Waals surface area contributed by atoms with Gasteiger partial charge in [0.25, 0.3) is 5.91 Å². The van der Waals surface area contributed by atoms with Crippen LogP contribution in [-0.2, 0) is 9.59 Å². The van der Waals surface area contributed by atoms with E-state index >= 15 is 0 Å². The van der Waals surface area contributed by atoms with Crippen LogP contribution in [0.4, 0.5) is 4.39 Å². The molecule has 0 bridgehead atoms. The lowest BCUT2D eigenvalue weighted by Crippen LogP contribution is -2.36. The highest BCUT2D eigenvalue weighted by molar-refractivity contribution is 5.94. The average molecular weight is 365 g/mol. The summed E-state index contributed by atoms with van der Waals surface area (Å²) < 4.78 is 13.4. The first-order valence-corrected chi connectivity index (χ1v) is 8.70. The van der Waals surface area contributed by atoms with E-state index in [4.69, 9.17) is 0 Å². The summed E-state index contributed by atoms with van der Waals surface area (Å²) in [5.74, 6) is -1.01. The monoisotopic (exact) mass is 365 g/mol. The zero-order valence-electron chi connectivity index (χ0n) is 15.9. The van der Waals surface area contributed by atoms with E-state index in [0.29, 0.717) is 24.9 Å². The number of amides is 3. The molecule has 3 N–H and O–H groups in total. The van der Waals surface area contributed by atoms with Gasteiger partial charge in [0.1, 0.15) is 5.82 Å². The second-order valence-electron chi connectivity index (χ2n) is 7.18. The highest BCUT2D eigenvalue weighted by Crippen LogP contribution is 2.12. The summed E-state index contributed by atoms with van der Waals surface area (Å²) in [5.41, 5.74) is 0.280. The maximum Gasteiger partial charge on any atom is 0.251 e. The highest BCUT2D eigenvalue weighted by atomic mass is 19.1. The fourth-order valence-corrected chi connectivity index (χ4v) is 2.02. The summed E-state index contributed by atoms with van der Waals surface area (Å²) >= 11 is 0. The van der Waals surface area contributed by atoms with Gasteiger partial charge < -0.3 is 16.0 Å². The second-order valence-corrected chi connectivity index (χ2v) is 7.18. The van der Waals surface area contributed by atoms with Crippen LogP contribution in [-0.4, -0.2) is 37.4 Å². The average Bonchev–Trinajstić information content (AvgIpc) is 2.56. The summed E-state index contributed by atoms with van der Waals surface area (Å²) in [6.45, 7) is 8.09. The van der Waals surface area contributed by atoms with Crippen molar-refractivity contribution in [3.63, 3.8) is 0 Å². The number of nitrogens with one attached hydrogen (secondary N) is 3. The lowest BCUT2D eigenvalue weighted by atomic mass is 9.96. The molecule has 26 heavy (non-hydrogen) atoms. The predicted octanol–water partition coefficient (Wildman–Crippen LogP) is 1.92. The summed E-state index contributed by atoms with van der Waals surface area (Å²) in [6, 6.07) is 4.29. The quantitative estimate of drug-likeness (QED) is 0.615. The van der Waals surface area contributed by atoms with Crippen LogP contribution in [0.5, 0.6) is 0 Å². The van der Waals surface area contributed by atoms with E-state index in [2.05, 4.69) is 16.0 Å². The Kier molecular flexibility index (Phi) is 8.22. The van der Waals surface area contributed by atoms with E-state index in [9.17, 15) is 18.8 Å². The van der Waals surface area contributed by atoms with Gasteiger partial charge in [0.2, 0.25) is 11.8 Å². The SMILES string of the molecule is Cc1ccc(C(=O)NCCNC(=O)CCCNC(=O)C(C)(C)C)cc1F. The molecule has 3 amide bonds. The van der Waals surface area contributed by atoms with Crippen molar-refractivity contribution in [1.82, 2.24) is 16.0 Å². The smallest absolute Gasteiger partial charge is 0.251 e. The Morgan fingerprint density at radius 3 is 2.27 bits per heavy atom. The second kappa shape index (κ2) is 9.89. The molecular formula is C19H28FN3O3. The summed E-state index contributed by atoms with van der Waals surface area (Å²) in [4.78, 5) is 35.2. The first-order valence-electron chi connectivity index (χ1n) is 8.70. The molecule has 144 valence electrons. The van der Waals surface area contributed by atoms with Gasteiger partial charge in [-0.3, -0.25) is 14.4 Å². The number of rotatable bonds is 8. The molecule has 0 heterocycles. The highest BCUT2D eigenvalue weighted by Gasteiger charge is 2.20. The van der Waals surface area contributed by atoms with Crippen LogP contribution in [0.15, 0.2) is 18.2 Å². The van der Waals surface area contributed by atoms with Gasteiger partial charge in [-0.05, 0) is 31.0 Å². The van der Waals surface area contributed by atoms with Gasteiger partial charge in [-0.1, -0.05) is 26.8 Å². The standard InChI is InChI=1S/C19H28FN3O3/c1-13-7-8-14(12-15(13)20)17(25)22-11-10-21-16(24)6-5-9-23-18(26)19(2,3)4/h7-8,12H,5-6,9-11H2,1-4H3,(H,21,24)(H,22,25)(H,23,26). The molecule has 0 fully saturated rings. The minimum absolute atomic E-state index is 0.0480. The summed E-state index contributed by atoms with van der Waals surface area (Å²) in [5, 5.41) is 8.09. The number of benzene rings is 1. The number of hydrogen-bond acceptors (Lipinski definition) is 3. The molecule has 7 heteroatoms. The van der Waals surface area contributed by atoms with E-state index in [0.717, 1.165) is 0 Å². The van der Waals surface area contributed by atoms with E-state index < -0.39 is 11.2 Å². The molecule has 0 atom stereocenters. The fourth-order valence-electron chi connectivity index (χ4n) is 2.02. The van der Waals surface area contributed by atoms with Gasteiger partial charge in [0, 0.05) is 37.0 Å². The van der Waals surface area contributed by atoms with E-state index in [1.165, 1.54) is 6.07 Å². The zero-order valence-corrected chi connectivity index (χ0v) is 15.9. The lowest BCUT2D eigenvalue weighted by molar-refractivity contribution is -0.128. The molecule has 0 aliphatic rings. The van der Waals surface area contributed by atoms with Gasteiger partial charge in [-0.15, -0.1) is 0 Å². The summed E-state index contributed by atoms with van der Waals surface area (Å²) in [7, 11) is 0. The third-order valence-corrected chi connectivity index (χ3v) is 3.71. The Labute approximate surface area is 153 Å². The molecule has 1 aromatic carbocycles. The Balaban J connectivity index is 2.17. The molecule has 0 aliphatic carbocycles. The Hall–Kier alpha value is -2.44. The molecular weight excluding hydrogens is 337 g/mol. The van der Waals surface area contributed by atoms with Crippen LogP contribution in [0.3, 0.4) is 0 Å². The van der Waals surface area contributed by atoms with E-state index in [1.54, 1.807) is 19.1 Å². The molecule has 0 radical (unpaired) electrons. The van der Waals surface area contributed by atoms with Crippen LogP contribution in [0.25, 0.3) is 0 Å². The van der Waals surface area contributed by atoms with Crippen molar-refractivity contribution in [2.45, 2.75) is 40.5 Å². The molecule has 0 aromatic heterocycles. The van der Waals surface area contributed by atoms with Crippen LogP contribution in [0.2, 0.25) is 0 Å². The van der Waals surface area contributed by atoms with Crippen molar-refractivity contribution in [2.75, 3.05) is 19.6 Å². The van der Waals surface area contributed by atoms with Gasteiger partial charge >= 0.3 is 0 Å². The minimum atomic E-state index is -0.444. The van der Waals surface area contributed by atoms with Crippen LogP contribution in [0, 0.1) is 18.2 Å². The van der Waals surface area contributed by atoms with Crippen molar-refractivity contribution in [2.24, 2.45) is 5.41 Å². The first kappa shape index (κ1) is 21.6. The lowest BCUT2D eigenvalue weighted by Gasteiger charge is -2.17. The maximum absolute atomic E-state index is 13.4.